The van der Waals surface area contributed by atoms with Crippen LogP contribution in [0.1, 0.15) is 22.3 Å². The van der Waals surface area contributed by atoms with Gasteiger partial charge in [-0.1, -0.05) is 121 Å². The van der Waals surface area contributed by atoms with Crippen molar-refractivity contribution in [3.8, 4) is 0 Å². The fraction of sp³-hybridized carbons (Fsp3) is 0.159. The van der Waals surface area contributed by atoms with Gasteiger partial charge in [-0.2, -0.15) is 0 Å². The lowest BCUT2D eigenvalue weighted by Gasteiger charge is -2.38. The van der Waals surface area contributed by atoms with E-state index in [0.717, 1.165) is 59.5 Å². The summed E-state index contributed by atoms with van der Waals surface area (Å²) in [5.74, 6) is -2.54. The van der Waals surface area contributed by atoms with Crippen LogP contribution in [0.15, 0.2) is 138 Å². The molecule has 0 spiro atoms. The largest absolute Gasteiger partial charge is 0.297 e. The summed E-state index contributed by atoms with van der Waals surface area (Å²) in [6.45, 7) is 0. The SMILES string of the molecule is CS(C)=O.CSc1ccccc1N1C(=O)[C@@H]2[C@H](C1=O)[C@@]1(c3ccccc3)C(=O)[C@]2(c2ccccc2)c2c1c1cccc3ccc4cccc2c4c31. The van der Waals surface area contributed by atoms with Crippen molar-refractivity contribution in [2.45, 2.75) is 15.7 Å². The van der Waals surface area contributed by atoms with Gasteiger partial charge in [0.1, 0.15) is 0 Å². The average molecular weight is 704 g/mol. The molecule has 5 nitrogen and oxygen atoms in total. The highest BCUT2D eigenvalue weighted by molar-refractivity contribution is 7.98. The molecule has 10 rings (SSSR count). The standard InChI is InChI=1S/C42H27NO3S.C2H6OS/c1-47-31-21-9-8-20-30(31)43-38(44)36-37(39(43)45)42(27-16-6-3-7-17-27)35-29-19-11-13-25-23-22-24-12-10-18-28(32(24)33(25)29)34(35)41(36,40(42)46)26-14-4-2-5-15-26;1-4(2)3/h2-23,36-37H,1H3;1-2H3/t36-,37+,41+,42-;. The van der Waals surface area contributed by atoms with Crippen molar-refractivity contribution in [2.75, 3.05) is 23.7 Å². The third kappa shape index (κ3) is 3.93. The lowest BCUT2D eigenvalue weighted by molar-refractivity contribution is -0.130. The average Bonchev–Trinajstić information content (AvgIpc) is 3.67. The van der Waals surface area contributed by atoms with Crippen molar-refractivity contribution < 1.29 is 18.6 Å². The first kappa shape index (κ1) is 31.8. The van der Waals surface area contributed by atoms with Gasteiger partial charge in [-0.15, -0.1) is 11.8 Å². The molecule has 1 aliphatic heterocycles. The number of Topliss-reactive ketones (excluding diaryl/α,β-unsaturated/α-hetero) is 1. The molecular weight excluding hydrogens is 671 g/mol. The number of anilines is 1. The highest BCUT2D eigenvalue weighted by atomic mass is 32.2. The summed E-state index contributed by atoms with van der Waals surface area (Å²) in [5, 5.41) is 6.30. The van der Waals surface area contributed by atoms with Crippen molar-refractivity contribution in [1.29, 1.82) is 0 Å². The van der Waals surface area contributed by atoms with E-state index in [9.17, 15) is 4.21 Å². The molecule has 250 valence electrons. The molecule has 0 aromatic heterocycles. The lowest BCUT2D eigenvalue weighted by Crippen LogP contribution is -2.45. The molecule has 0 radical (unpaired) electrons. The van der Waals surface area contributed by atoms with Crippen LogP contribution in [-0.4, -0.2) is 40.6 Å². The first-order chi connectivity index (χ1) is 24.8. The van der Waals surface area contributed by atoms with E-state index in [2.05, 4.69) is 36.4 Å². The smallest absolute Gasteiger partial charge is 0.239 e. The summed E-state index contributed by atoms with van der Waals surface area (Å²) >= 11 is 1.50. The van der Waals surface area contributed by atoms with Crippen molar-refractivity contribution >= 4 is 78.2 Å². The van der Waals surface area contributed by atoms with Crippen LogP contribution in [0, 0.1) is 11.8 Å². The Balaban J connectivity index is 0.000000830. The second kappa shape index (κ2) is 11.5. The van der Waals surface area contributed by atoms with E-state index in [0.29, 0.717) is 5.69 Å². The summed E-state index contributed by atoms with van der Waals surface area (Å²) in [7, 11) is -0.611. The predicted octanol–water partition coefficient (Wildman–Crippen LogP) is 8.27. The predicted molar refractivity (Wildman–Crippen MR) is 207 cm³/mol. The molecule has 51 heavy (non-hydrogen) atoms. The number of para-hydroxylation sites is 1. The van der Waals surface area contributed by atoms with Gasteiger partial charge in [0, 0.05) is 28.2 Å². The molecule has 2 aliphatic carbocycles. The highest BCUT2D eigenvalue weighted by Crippen LogP contribution is 2.73. The molecular formula is C44H33NO4S2. The minimum absolute atomic E-state index is 0.0799. The normalized spacial score (nSPS) is 23.4. The Morgan fingerprint density at radius 1 is 0.569 bits per heavy atom. The van der Waals surface area contributed by atoms with E-state index in [4.69, 9.17) is 0 Å². The molecule has 0 unspecified atom stereocenters. The van der Waals surface area contributed by atoms with Crippen LogP contribution in [0.3, 0.4) is 0 Å². The maximum Gasteiger partial charge on any atom is 0.239 e. The lowest BCUT2D eigenvalue weighted by atomic mass is 9.59. The number of benzene rings is 7. The molecule has 4 atom stereocenters. The molecule has 1 heterocycles. The van der Waals surface area contributed by atoms with Gasteiger partial charge in [-0.25, -0.2) is 4.90 Å². The summed E-state index contributed by atoms with van der Waals surface area (Å²) in [4.78, 5) is 48.8. The first-order valence-electron chi connectivity index (χ1n) is 16.9. The van der Waals surface area contributed by atoms with Crippen LogP contribution >= 0.6 is 11.8 Å². The molecule has 2 bridgehead atoms. The number of amides is 2. The van der Waals surface area contributed by atoms with Gasteiger partial charge in [0.25, 0.3) is 0 Å². The van der Waals surface area contributed by atoms with Crippen molar-refractivity contribution in [3.63, 3.8) is 0 Å². The van der Waals surface area contributed by atoms with Gasteiger partial charge in [0.05, 0.1) is 28.4 Å². The Hall–Kier alpha value is -5.11. The molecule has 2 fully saturated rings. The number of hydrogen-bond donors (Lipinski definition) is 0. The van der Waals surface area contributed by atoms with Crippen LogP contribution in [0.4, 0.5) is 5.69 Å². The van der Waals surface area contributed by atoms with Gasteiger partial charge in [-0.05, 0) is 73.0 Å². The van der Waals surface area contributed by atoms with Crippen molar-refractivity contribution in [3.05, 3.63) is 156 Å². The highest BCUT2D eigenvalue weighted by Gasteiger charge is 2.82. The number of thioether (sulfide) groups is 1. The Bertz CT molecular complexity index is 2450. The van der Waals surface area contributed by atoms with Gasteiger partial charge >= 0.3 is 0 Å². The maximum atomic E-state index is 16.1. The summed E-state index contributed by atoms with van der Waals surface area (Å²) < 4.78 is 9.56. The Morgan fingerprint density at radius 2 is 1.00 bits per heavy atom. The summed E-state index contributed by atoms with van der Waals surface area (Å²) in [6.07, 6.45) is 5.23. The van der Waals surface area contributed by atoms with Gasteiger partial charge in [0.15, 0.2) is 5.78 Å². The zero-order chi connectivity index (χ0) is 35.2. The van der Waals surface area contributed by atoms with Crippen molar-refractivity contribution in [2.24, 2.45) is 11.8 Å². The Kier molecular flexibility index (Phi) is 7.15. The fourth-order valence-electron chi connectivity index (χ4n) is 9.70. The third-order valence-electron chi connectivity index (χ3n) is 11.2. The number of hydrogen-bond acceptors (Lipinski definition) is 5. The van der Waals surface area contributed by atoms with Gasteiger partial charge in [-0.3, -0.25) is 18.6 Å². The Morgan fingerprint density at radius 3 is 1.45 bits per heavy atom. The van der Waals surface area contributed by atoms with E-state index in [1.165, 1.54) is 16.7 Å². The zero-order valence-electron chi connectivity index (χ0n) is 28.3. The molecule has 3 aliphatic rings. The van der Waals surface area contributed by atoms with Gasteiger partial charge in [0.2, 0.25) is 11.8 Å². The first-order valence-corrected chi connectivity index (χ1v) is 20.1. The molecule has 2 amide bonds. The van der Waals surface area contributed by atoms with Crippen LogP contribution in [-0.2, 0) is 36.0 Å². The number of ketones is 1. The number of imide groups is 1. The van der Waals surface area contributed by atoms with E-state index >= 15 is 14.4 Å². The quantitative estimate of drug-likeness (QED) is 0.105. The van der Waals surface area contributed by atoms with Gasteiger partial charge < -0.3 is 0 Å². The monoisotopic (exact) mass is 703 g/mol. The molecule has 7 aromatic carbocycles. The number of carbonyl (C=O) groups excluding carboxylic acids is 3. The van der Waals surface area contributed by atoms with Crippen LogP contribution in [0.5, 0.6) is 0 Å². The van der Waals surface area contributed by atoms with Crippen molar-refractivity contribution in [1.82, 2.24) is 0 Å². The summed E-state index contributed by atoms with van der Waals surface area (Å²) in [6, 6.07) is 43.9. The van der Waals surface area contributed by atoms with E-state index in [1.54, 1.807) is 12.5 Å². The Labute approximate surface area is 302 Å². The second-order valence-electron chi connectivity index (χ2n) is 13.7. The molecule has 1 saturated heterocycles. The molecule has 1 saturated carbocycles. The minimum atomic E-state index is -1.38. The number of carbonyl (C=O) groups is 3. The van der Waals surface area contributed by atoms with E-state index in [1.807, 2.05) is 103 Å². The molecule has 0 N–H and O–H groups in total. The summed E-state index contributed by atoms with van der Waals surface area (Å²) in [5.41, 5.74) is 1.08. The second-order valence-corrected chi connectivity index (χ2v) is 16.0. The third-order valence-corrected chi connectivity index (χ3v) is 12.0. The topological polar surface area (TPSA) is 71.5 Å². The number of nitrogens with zero attached hydrogens (tertiary/aromatic N) is 1. The van der Waals surface area contributed by atoms with E-state index in [-0.39, 0.29) is 17.6 Å². The fourth-order valence-corrected chi connectivity index (χ4v) is 10.3. The van der Waals surface area contributed by atoms with Crippen LogP contribution in [0.2, 0.25) is 0 Å². The maximum absolute atomic E-state index is 16.1. The zero-order valence-corrected chi connectivity index (χ0v) is 29.9. The van der Waals surface area contributed by atoms with Crippen LogP contribution < -0.4 is 4.90 Å². The molecule has 7 heteroatoms. The van der Waals surface area contributed by atoms with E-state index < -0.39 is 33.5 Å². The van der Waals surface area contributed by atoms with Crippen LogP contribution in [0.25, 0.3) is 32.3 Å². The number of fused-ring (bicyclic) bond motifs is 10. The minimum Gasteiger partial charge on any atom is -0.297 e. The molecule has 7 aromatic rings. The number of rotatable bonds is 4.